The molecule has 0 aliphatic heterocycles. The summed E-state index contributed by atoms with van der Waals surface area (Å²) in [7, 11) is 0. The lowest BCUT2D eigenvalue weighted by atomic mass is 10.1. The molecule has 3 rings (SSSR count). The number of hydrogen-bond donors (Lipinski definition) is 1. The molecule has 0 saturated carbocycles. The average molecular weight is 455 g/mol. The van der Waals surface area contributed by atoms with Crippen LogP contribution in [0.15, 0.2) is 53.3 Å². The highest BCUT2D eigenvalue weighted by atomic mass is 32.2. The van der Waals surface area contributed by atoms with Crippen LogP contribution in [0.3, 0.4) is 0 Å². The van der Waals surface area contributed by atoms with E-state index in [2.05, 4.69) is 39.0 Å². The number of anilines is 1. The molecule has 2 aromatic heterocycles. The van der Waals surface area contributed by atoms with Crippen molar-refractivity contribution in [2.45, 2.75) is 49.8 Å². The first-order valence-electron chi connectivity index (χ1n) is 9.98. The number of benzene rings is 1. The molecule has 2 heterocycles. The summed E-state index contributed by atoms with van der Waals surface area (Å²) in [6, 6.07) is 9.79. The Morgan fingerprint density at radius 2 is 1.90 bits per heavy atom. The minimum atomic E-state index is -0.0707. The second kappa shape index (κ2) is 11.1. The summed E-state index contributed by atoms with van der Waals surface area (Å²) in [6.07, 6.45) is 2.66. The first-order chi connectivity index (χ1) is 15.0. The van der Waals surface area contributed by atoms with Gasteiger partial charge in [-0.25, -0.2) is 9.97 Å². The first-order valence-corrected chi connectivity index (χ1v) is 12.0. The van der Waals surface area contributed by atoms with Crippen LogP contribution in [-0.4, -0.2) is 36.4 Å². The number of rotatable bonds is 10. The number of allylic oxidation sites excluding steroid dienone is 1. The molecule has 0 atom stereocenters. The van der Waals surface area contributed by atoms with Crippen molar-refractivity contribution in [1.29, 1.82) is 0 Å². The summed E-state index contributed by atoms with van der Waals surface area (Å²) in [6.45, 7) is 10.4. The largest absolute Gasteiger partial charge is 0.325 e. The van der Waals surface area contributed by atoms with Crippen molar-refractivity contribution in [3.63, 3.8) is 0 Å². The normalized spacial score (nSPS) is 10.8. The van der Waals surface area contributed by atoms with Gasteiger partial charge in [0.25, 0.3) is 0 Å². The number of hydrogen-bond acceptors (Lipinski definition) is 7. The van der Waals surface area contributed by atoms with E-state index in [9.17, 15) is 4.79 Å². The van der Waals surface area contributed by atoms with Gasteiger partial charge in [0.1, 0.15) is 5.82 Å². The van der Waals surface area contributed by atoms with Crippen molar-refractivity contribution in [3.8, 4) is 0 Å². The summed E-state index contributed by atoms with van der Waals surface area (Å²) in [4.78, 5) is 21.4. The van der Waals surface area contributed by atoms with E-state index in [0.29, 0.717) is 22.6 Å². The average Bonchev–Trinajstić information content (AvgIpc) is 3.12. The quantitative estimate of drug-likeness (QED) is 0.275. The number of aromatic nitrogens is 5. The number of thioether (sulfide) groups is 2. The molecular formula is C22H26N6OS2. The molecule has 162 valence electrons. The van der Waals surface area contributed by atoms with Crippen LogP contribution in [0.1, 0.15) is 29.7 Å². The topological polar surface area (TPSA) is 85.6 Å². The minimum Gasteiger partial charge on any atom is -0.325 e. The Labute approximate surface area is 191 Å². The van der Waals surface area contributed by atoms with Crippen LogP contribution in [0, 0.1) is 13.8 Å². The smallest absolute Gasteiger partial charge is 0.234 e. The lowest BCUT2D eigenvalue weighted by molar-refractivity contribution is -0.113. The van der Waals surface area contributed by atoms with Gasteiger partial charge in [-0.3, -0.25) is 4.79 Å². The van der Waals surface area contributed by atoms with Gasteiger partial charge in [-0.2, -0.15) is 0 Å². The monoisotopic (exact) mass is 454 g/mol. The van der Waals surface area contributed by atoms with E-state index in [-0.39, 0.29) is 11.7 Å². The molecule has 9 heteroatoms. The van der Waals surface area contributed by atoms with Crippen LogP contribution >= 0.6 is 23.5 Å². The molecule has 7 nitrogen and oxygen atoms in total. The van der Waals surface area contributed by atoms with Crippen molar-refractivity contribution >= 4 is 35.1 Å². The predicted octanol–water partition coefficient (Wildman–Crippen LogP) is 4.46. The van der Waals surface area contributed by atoms with Gasteiger partial charge < -0.3 is 9.88 Å². The van der Waals surface area contributed by atoms with E-state index in [1.165, 1.54) is 23.5 Å². The van der Waals surface area contributed by atoms with Crippen molar-refractivity contribution in [1.82, 2.24) is 24.7 Å². The molecule has 0 bridgehead atoms. The lowest BCUT2D eigenvalue weighted by Crippen LogP contribution is -2.16. The third-order valence-electron chi connectivity index (χ3n) is 4.40. The van der Waals surface area contributed by atoms with Gasteiger partial charge in [0.15, 0.2) is 10.3 Å². The van der Waals surface area contributed by atoms with Crippen LogP contribution in [0.5, 0.6) is 0 Å². The molecule has 0 aliphatic carbocycles. The number of para-hydroxylation sites is 1. The Morgan fingerprint density at radius 1 is 1.16 bits per heavy atom. The van der Waals surface area contributed by atoms with E-state index in [0.717, 1.165) is 34.9 Å². The van der Waals surface area contributed by atoms with E-state index < -0.39 is 0 Å². The molecule has 0 aliphatic rings. The molecule has 1 N–H and O–H groups in total. The van der Waals surface area contributed by atoms with Gasteiger partial charge >= 0.3 is 0 Å². The molecule has 0 saturated heterocycles. The van der Waals surface area contributed by atoms with Crippen molar-refractivity contribution < 1.29 is 4.79 Å². The molecule has 1 amide bonds. The first kappa shape index (κ1) is 23.0. The SMILES string of the molecule is C=CCn1c(CSc2nc(C)cc(C)n2)nnc1SCC(=O)Nc1ccccc1CC. The van der Waals surface area contributed by atoms with E-state index in [1.807, 2.05) is 48.7 Å². The maximum atomic E-state index is 12.5. The molecule has 31 heavy (non-hydrogen) atoms. The highest BCUT2D eigenvalue weighted by molar-refractivity contribution is 7.99. The highest BCUT2D eigenvalue weighted by Gasteiger charge is 2.15. The number of nitrogens with one attached hydrogen (secondary N) is 1. The Hall–Kier alpha value is -2.65. The zero-order chi connectivity index (χ0) is 22.2. The Kier molecular flexibility index (Phi) is 8.25. The zero-order valence-corrected chi connectivity index (χ0v) is 19.6. The van der Waals surface area contributed by atoms with Crippen LogP contribution in [0.2, 0.25) is 0 Å². The zero-order valence-electron chi connectivity index (χ0n) is 18.0. The number of carbonyl (C=O) groups is 1. The van der Waals surface area contributed by atoms with Gasteiger partial charge in [0.05, 0.1) is 11.5 Å². The van der Waals surface area contributed by atoms with Gasteiger partial charge in [-0.1, -0.05) is 54.7 Å². The van der Waals surface area contributed by atoms with E-state index in [4.69, 9.17) is 0 Å². The van der Waals surface area contributed by atoms with E-state index >= 15 is 0 Å². The molecule has 3 aromatic rings. The van der Waals surface area contributed by atoms with Gasteiger partial charge in [-0.05, 0) is 38.0 Å². The fourth-order valence-electron chi connectivity index (χ4n) is 3.00. The maximum absolute atomic E-state index is 12.5. The van der Waals surface area contributed by atoms with Gasteiger partial charge in [0, 0.05) is 23.6 Å². The molecule has 0 spiro atoms. The van der Waals surface area contributed by atoms with E-state index in [1.54, 1.807) is 6.08 Å². The third kappa shape index (κ3) is 6.41. The Bertz CT molecular complexity index is 1050. The number of nitrogens with zero attached hydrogens (tertiary/aromatic N) is 5. The molecule has 0 unspecified atom stereocenters. The third-order valence-corrected chi connectivity index (χ3v) is 6.21. The van der Waals surface area contributed by atoms with Crippen molar-refractivity contribution in [2.75, 3.05) is 11.1 Å². The van der Waals surface area contributed by atoms with Gasteiger partial charge in [0.2, 0.25) is 5.91 Å². The maximum Gasteiger partial charge on any atom is 0.234 e. The minimum absolute atomic E-state index is 0.0707. The van der Waals surface area contributed by atoms with Crippen LogP contribution in [-0.2, 0) is 23.5 Å². The summed E-state index contributed by atoms with van der Waals surface area (Å²) in [5.41, 5.74) is 3.85. The number of amides is 1. The number of carbonyl (C=O) groups excluding carboxylic acids is 1. The molecule has 0 fully saturated rings. The summed E-state index contributed by atoms with van der Waals surface area (Å²) in [5.74, 6) is 1.56. The Balaban J connectivity index is 1.64. The summed E-state index contributed by atoms with van der Waals surface area (Å²) >= 11 is 2.88. The highest BCUT2D eigenvalue weighted by Crippen LogP contribution is 2.24. The van der Waals surface area contributed by atoms with Gasteiger partial charge in [-0.15, -0.1) is 16.8 Å². The summed E-state index contributed by atoms with van der Waals surface area (Å²) in [5, 5.41) is 13.0. The van der Waals surface area contributed by atoms with Crippen LogP contribution < -0.4 is 5.32 Å². The summed E-state index contributed by atoms with van der Waals surface area (Å²) < 4.78 is 1.97. The molecule has 0 radical (unpaired) electrons. The van der Waals surface area contributed by atoms with Crippen molar-refractivity contribution in [2.24, 2.45) is 0 Å². The molecular weight excluding hydrogens is 428 g/mol. The standard InChI is InChI=1S/C22H26N6OS2/c1-5-11-28-19(13-30-21-23-15(3)12-16(4)24-21)26-27-22(28)31-14-20(29)25-18-10-8-7-9-17(18)6-2/h5,7-10,12H,1,6,11,13-14H2,2-4H3,(H,25,29). The second-order valence-electron chi connectivity index (χ2n) is 6.87. The fourth-order valence-corrected chi connectivity index (χ4v) is 4.65. The second-order valence-corrected chi connectivity index (χ2v) is 8.75. The van der Waals surface area contributed by atoms with Crippen molar-refractivity contribution in [3.05, 3.63) is 65.8 Å². The lowest BCUT2D eigenvalue weighted by Gasteiger charge is -2.10. The van der Waals surface area contributed by atoms with Crippen LogP contribution in [0.4, 0.5) is 5.69 Å². The fraction of sp³-hybridized carbons (Fsp3) is 0.318. The Morgan fingerprint density at radius 3 is 2.61 bits per heavy atom. The predicted molar refractivity (Wildman–Crippen MR) is 126 cm³/mol. The number of aryl methyl sites for hydroxylation is 3. The molecule has 1 aromatic carbocycles. The van der Waals surface area contributed by atoms with Crippen LogP contribution in [0.25, 0.3) is 0 Å².